The molecule has 0 saturated carbocycles. The smallest absolute Gasteiger partial charge is 0.191 e. The van der Waals surface area contributed by atoms with Gasteiger partial charge in [0.2, 0.25) is 0 Å². The fourth-order valence-electron chi connectivity index (χ4n) is 2.51. The standard InChI is InChI=1S/C16H32N4/c1-3-11-18-16(17-4-2)19-12-7-5-8-13-20-14-9-6-10-15-20/h3H,1,4-15H2,2H3,(H2,17,18,19). The predicted molar refractivity (Wildman–Crippen MR) is 88.3 cm³/mol. The molecule has 1 aliphatic heterocycles. The van der Waals surface area contributed by atoms with E-state index >= 15 is 0 Å². The summed E-state index contributed by atoms with van der Waals surface area (Å²) in [5.41, 5.74) is 0. The molecular formula is C16H32N4. The van der Waals surface area contributed by atoms with Crippen molar-refractivity contribution < 1.29 is 0 Å². The number of nitrogens with zero attached hydrogens (tertiary/aromatic N) is 2. The van der Waals surface area contributed by atoms with Gasteiger partial charge in [-0.25, -0.2) is 0 Å². The van der Waals surface area contributed by atoms with Crippen LogP contribution >= 0.6 is 0 Å². The Bertz CT molecular complexity index is 270. The maximum Gasteiger partial charge on any atom is 0.191 e. The summed E-state index contributed by atoms with van der Waals surface area (Å²) in [7, 11) is 0. The van der Waals surface area contributed by atoms with Crippen LogP contribution in [0.2, 0.25) is 0 Å². The van der Waals surface area contributed by atoms with Crippen molar-refractivity contribution >= 4 is 5.96 Å². The minimum Gasteiger partial charge on any atom is -0.357 e. The zero-order chi connectivity index (χ0) is 14.5. The van der Waals surface area contributed by atoms with Gasteiger partial charge in [-0.2, -0.15) is 0 Å². The highest BCUT2D eigenvalue weighted by Gasteiger charge is 2.08. The predicted octanol–water partition coefficient (Wildman–Crippen LogP) is 2.38. The van der Waals surface area contributed by atoms with Crippen molar-refractivity contribution in [2.75, 3.05) is 39.3 Å². The van der Waals surface area contributed by atoms with Gasteiger partial charge in [0.05, 0.1) is 0 Å². The highest BCUT2D eigenvalue weighted by molar-refractivity contribution is 5.79. The lowest BCUT2D eigenvalue weighted by Gasteiger charge is -2.26. The van der Waals surface area contributed by atoms with Gasteiger partial charge in [-0.05, 0) is 52.2 Å². The fourth-order valence-corrected chi connectivity index (χ4v) is 2.51. The molecule has 0 aromatic carbocycles. The van der Waals surface area contributed by atoms with Crippen molar-refractivity contribution in [1.82, 2.24) is 15.5 Å². The van der Waals surface area contributed by atoms with Crippen LogP contribution < -0.4 is 10.6 Å². The Hall–Kier alpha value is -1.03. The molecule has 1 heterocycles. The minimum absolute atomic E-state index is 0.765. The number of likely N-dealkylation sites (tertiary alicyclic amines) is 1. The van der Waals surface area contributed by atoms with E-state index in [1.165, 1.54) is 58.2 Å². The summed E-state index contributed by atoms with van der Waals surface area (Å²) >= 11 is 0. The number of aliphatic imine (C=N–C) groups is 1. The van der Waals surface area contributed by atoms with Crippen LogP contribution in [0.25, 0.3) is 0 Å². The third kappa shape index (κ3) is 8.20. The van der Waals surface area contributed by atoms with Gasteiger partial charge in [0, 0.05) is 19.6 Å². The van der Waals surface area contributed by atoms with E-state index in [1.54, 1.807) is 0 Å². The summed E-state index contributed by atoms with van der Waals surface area (Å²) in [5.74, 6) is 0.906. The number of rotatable bonds is 9. The van der Waals surface area contributed by atoms with Gasteiger partial charge in [-0.3, -0.25) is 4.99 Å². The number of hydrogen-bond acceptors (Lipinski definition) is 2. The van der Waals surface area contributed by atoms with Crippen LogP contribution in [-0.2, 0) is 0 Å². The monoisotopic (exact) mass is 280 g/mol. The van der Waals surface area contributed by atoms with Gasteiger partial charge in [-0.1, -0.05) is 18.9 Å². The van der Waals surface area contributed by atoms with Crippen LogP contribution in [0.3, 0.4) is 0 Å². The topological polar surface area (TPSA) is 39.7 Å². The molecule has 4 heteroatoms. The first-order valence-corrected chi connectivity index (χ1v) is 8.22. The first-order valence-electron chi connectivity index (χ1n) is 8.22. The van der Waals surface area contributed by atoms with Crippen molar-refractivity contribution in [2.45, 2.75) is 45.4 Å². The molecule has 1 rings (SSSR count). The molecule has 0 aromatic heterocycles. The lowest BCUT2D eigenvalue weighted by molar-refractivity contribution is 0.224. The molecule has 0 unspecified atom stereocenters. The third-order valence-corrected chi connectivity index (χ3v) is 3.61. The fraction of sp³-hybridized carbons (Fsp3) is 0.812. The van der Waals surface area contributed by atoms with E-state index in [4.69, 9.17) is 0 Å². The molecule has 2 N–H and O–H groups in total. The van der Waals surface area contributed by atoms with Gasteiger partial charge < -0.3 is 15.5 Å². The van der Waals surface area contributed by atoms with Crippen LogP contribution in [0.5, 0.6) is 0 Å². The molecule has 0 atom stereocenters. The molecule has 0 radical (unpaired) electrons. The largest absolute Gasteiger partial charge is 0.357 e. The Morgan fingerprint density at radius 3 is 2.65 bits per heavy atom. The molecule has 1 aliphatic rings. The second-order valence-electron chi connectivity index (χ2n) is 5.39. The van der Waals surface area contributed by atoms with Crippen molar-refractivity contribution in [3.63, 3.8) is 0 Å². The lowest BCUT2D eigenvalue weighted by Crippen LogP contribution is -2.37. The molecule has 1 fully saturated rings. The summed E-state index contributed by atoms with van der Waals surface area (Å²) in [6.07, 6.45) is 9.84. The second-order valence-corrected chi connectivity index (χ2v) is 5.39. The highest BCUT2D eigenvalue weighted by atomic mass is 15.2. The molecular weight excluding hydrogens is 248 g/mol. The quantitative estimate of drug-likeness (QED) is 0.295. The number of guanidine groups is 1. The average Bonchev–Trinajstić information content (AvgIpc) is 2.49. The van der Waals surface area contributed by atoms with E-state index < -0.39 is 0 Å². The number of unbranched alkanes of at least 4 members (excludes halogenated alkanes) is 2. The Balaban J connectivity index is 2.04. The van der Waals surface area contributed by atoms with Crippen LogP contribution in [-0.4, -0.2) is 50.1 Å². The Morgan fingerprint density at radius 2 is 1.95 bits per heavy atom. The van der Waals surface area contributed by atoms with Crippen LogP contribution in [0.1, 0.15) is 45.4 Å². The molecule has 0 spiro atoms. The molecule has 20 heavy (non-hydrogen) atoms. The summed E-state index contributed by atoms with van der Waals surface area (Å²) in [4.78, 5) is 7.18. The Kier molecular flexibility index (Phi) is 10.0. The van der Waals surface area contributed by atoms with Gasteiger partial charge in [0.25, 0.3) is 0 Å². The maximum atomic E-state index is 4.57. The lowest BCUT2D eigenvalue weighted by atomic mass is 10.1. The summed E-state index contributed by atoms with van der Waals surface area (Å²) in [6.45, 7) is 12.3. The molecule has 0 amide bonds. The average molecular weight is 280 g/mol. The SMILES string of the molecule is C=CCNC(=NCCCCCN1CCCCC1)NCC. The molecule has 0 aliphatic carbocycles. The van der Waals surface area contributed by atoms with E-state index in [9.17, 15) is 0 Å². The van der Waals surface area contributed by atoms with E-state index in [2.05, 4.69) is 34.0 Å². The molecule has 0 aromatic rings. The highest BCUT2D eigenvalue weighted by Crippen LogP contribution is 2.09. The number of piperidine rings is 1. The third-order valence-electron chi connectivity index (χ3n) is 3.61. The van der Waals surface area contributed by atoms with Crippen molar-refractivity contribution in [3.05, 3.63) is 12.7 Å². The molecule has 4 nitrogen and oxygen atoms in total. The van der Waals surface area contributed by atoms with Gasteiger partial charge in [0.1, 0.15) is 0 Å². The van der Waals surface area contributed by atoms with Crippen molar-refractivity contribution in [2.24, 2.45) is 4.99 Å². The maximum absolute atomic E-state index is 4.57. The minimum atomic E-state index is 0.765. The van der Waals surface area contributed by atoms with E-state index in [-0.39, 0.29) is 0 Å². The van der Waals surface area contributed by atoms with E-state index in [0.717, 1.165) is 25.6 Å². The summed E-state index contributed by atoms with van der Waals surface area (Å²) < 4.78 is 0. The van der Waals surface area contributed by atoms with Crippen LogP contribution in [0.4, 0.5) is 0 Å². The van der Waals surface area contributed by atoms with Gasteiger partial charge in [-0.15, -0.1) is 6.58 Å². The summed E-state index contributed by atoms with van der Waals surface area (Å²) in [5, 5.41) is 6.47. The van der Waals surface area contributed by atoms with E-state index in [1.807, 2.05) is 6.08 Å². The number of hydrogen-bond donors (Lipinski definition) is 2. The molecule has 1 saturated heterocycles. The van der Waals surface area contributed by atoms with Crippen LogP contribution in [0.15, 0.2) is 17.6 Å². The normalized spacial score (nSPS) is 16.9. The number of nitrogens with one attached hydrogen (secondary N) is 2. The van der Waals surface area contributed by atoms with Gasteiger partial charge in [0.15, 0.2) is 5.96 Å². The molecule has 116 valence electrons. The van der Waals surface area contributed by atoms with E-state index in [0.29, 0.717) is 0 Å². The first kappa shape index (κ1) is 17.0. The van der Waals surface area contributed by atoms with Crippen LogP contribution in [0, 0.1) is 0 Å². The van der Waals surface area contributed by atoms with Gasteiger partial charge >= 0.3 is 0 Å². The zero-order valence-electron chi connectivity index (χ0n) is 13.2. The zero-order valence-corrected chi connectivity index (χ0v) is 13.2. The van der Waals surface area contributed by atoms with Crippen molar-refractivity contribution in [1.29, 1.82) is 0 Å². The Morgan fingerprint density at radius 1 is 1.15 bits per heavy atom. The second kappa shape index (κ2) is 11.8. The summed E-state index contributed by atoms with van der Waals surface area (Å²) in [6, 6.07) is 0. The Labute approximate surface area is 124 Å². The first-order chi connectivity index (χ1) is 9.86. The van der Waals surface area contributed by atoms with Crippen molar-refractivity contribution in [3.8, 4) is 0 Å². The molecule has 0 bridgehead atoms.